The quantitative estimate of drug-likeness (QED) is 0.848. The van der Waals surface area contributed by atoms with Crippen molar-refractivity contribution in [3.63, 3.8) is 0 Å². The van der Waals surface area contributed by atoms with E-state index in [1.807, 2.05) is 18.2 Å². The molecule has 7 heteroatoms. The second kappa shape index (κ2) is 5.71. The van der Waals surface area contributed by atoms with E-state index < -0.39 is 10.1 Å². The summed E-state index contributed by atoms with van der Waals surface area (Å²) >= 11 is 0. The molecule has 1 fully saturated rings. The molecule has 0 saturated carbocycles. The van der Waals surface area contributed by atoms with Gasteiger partial charge < -0.3 is 10.0 Å². The molecule has 2 aromatic carbocycles. The first-order valence-corrected chi connectivity index (χ1v) is 10.1. The largest absolute Gasteiger partial charge is 0.507 e. The summed E-state index contributed by atoms with van der Waals surface area (Å²) in [7, 11) is -3.58. The number of benzene rings is 2. The predicted molar refractivity (Wildman–Crippen MR) is 93.2 cm³/mol. The fraction of sp³-hybridized carbons (Fsp3) is 0.389. The van der Waals surface area contributed by atoms with Gasteiger partial charge in [0.2, 0.25) is 0 Å². The number of aromatic hydroxyl groups is 1. The highest BCUT2D eigenvalue weighted by Crippen LogP contribution is 2.44. The SMILES string of the molecule is CS(=O)(=O)OCC1c2c(cc(O)c3ccccc23)C(=O)N2CCCC12. The lowest BCUT2D eigenvalue weighted by molar-refractivity contribution is 0.0664. The van der Waals surface area contributed by atoms with Gasteiger partial charge >= 0.3 is 0 Å². The minimum Gasteiger partial charge on any atom is -0.507 e. The van der Waals surface area contributed by atoms with E-state index in [9.17, 15) is 18.3 Å². The fourth-order valence-electron chi connectivity index (χ4n) is 4.16. The molecule has 1 N–H and O–H groups in total. The van der Waals surface area contributed by atoms with Gasteiger partial charge in [0, 0.05) is 29.5 Å². The van der Waals surface area contributed by atoms with Gasteiger partial charge in [-0.25, -0.2) is 0 Å². The summed E-state index contributed by atoms with van der Waals surface area (Å²) in [5, 5.41) is 11.8. The highest BCUT2D eigenvalue weighted by atomic mass is 32.2. The smallest absolute Gasteiger partial charge is 0.264 e. The van der Waals surface area contributed by atoms with Crippen molar-refractivity contribution in [1.82, 2.24) is 4.90 Å². The first-order valence-electron chi connectivity index (χ1n) is 8.27. The Morgan fingerprint density at radius 2 is 2.00 bits per heavy atom. The number of phenolic OH excluding ortho intramolecular Hbond substituents is 1. The molecule has 4 rings (SSSR count). The lowest BCUT2D eigenvalue weighted by atomic mass is 9.80. The molecule has 132 valence electrons. The van der Waals surface area contributed by atoms with E-state index in [1.54, 1.807) is 11.0 Å². The Morgan fingerprint density at radius 1 is 1.28 bits per heavy atom. The van der Waals surface area contributed by atoms with E-state index in [-0.39, 0.29) is 30.2 Å². The Bertz CT molecular complexity index is 969. The van der Waals surface area contributed by atoms with E-state index in [2.05, 4.69) is 0 Å². The molecule has 0 bridgehead atoms. The number of carbonyl (C=O) groups excluding carboxylic acids is 1. The van der Waals surface area contributed by atoms with E-state index in [1.165, 1.54) is 6.07 Å². The highest BCUT2D eigenvalue weighted by molar-refractivity contribution is 7.85. The molecule has 0 spiro atoms. The number of hydrogen-bond acceptors (Lipinski definition) is 5. The molecule has 0 aliphatic carbocycles. The zero-order chi connectivity index (χ0) is 17.8. The summed E-state index contributed by atoms with van der Waals surface area (Å²) < 4.78 is 28.2. The van der Waals surface area contributed by atoms with Crippen molar-refractivity contribution >= 4 is 26.8 Å². The van der Waals surface area contributed by atoms with Crippen LogP contribution in [0, 0.1) is 0 Å². The number of hydrogen-bond donors (Lipinski definition) is 1. The third kappa shape index (κ3) is 2.67. The number of rotatable bonds is 3. The molecule has 2 aromatic rings. The maximum Gasteiger partial charge on any atom is 0.264 e. The third-order valence-corrected chi connectivity index (χ3v) is 5.72. The van der Waals surface area contributed by atoms with Gasteiger partial charge in [-0.05, 0) is 29.9 Å². The van der Waals surface area contributed by atoms with Crippen molar-refractivity contribution in [2.45, 2.75) is 24.8 Å². The highest BCUT2D eigenvalue weighted by Gasteiger charge is 2.43. The summed E-state index contributed by atoms with van der Waals surface area (Å²) in [5.41, 5.74) is 1.22. The van der Waals surface area contributed by atoms with Crippen LogP contribution in [0.3, 0.4) is 0 Å². The minimum atomic E-state index is -3.58. The van der Waals surface area contributed by atoms with Gasteiger partial charge in [-0.3, -0.25) is 8.98 Å². The second-order valence-electron chi connectivity index (χ2n) is 6.71. The molecule has 1 saturated heterocycles. The maximum atomic E-state index is 12.9. The number of carbonyl (C=O) groups is 1. The third-order valence-electron chi connectivity index (χ3n) is 5.15. The van der Waals surface area contributed by atoms with Crippen molar-refractivity contribution in [1.29, 1.82) is 0 Å². The van der Waals surface area contributed by atoms with Gasteiger partial charge in [0.1, 0.15) is 5.75 Å². The average Bonchev–Trinajstić information content (AvgIpc) is 3.04. The average molecular weight is 361 g/mol. The summed E-state index contributed by atoms with van der Waals surface area (Å²) in [4.78, 5) is 14.7. The van der Waals surface area contributed by atoms with Crippen LogP contribution in [0.4, 0.5) is 0 Å². The van der Waals surface area contributed by atoms with Crippen LogP contribution in [-0.2, 0) is 14.3 Å². The van der Waals surface area contributed by atoms with Crippen molar-refractivity contribution in [2.75, 3.05) is 19.4 Å². The van der Waals surface area contributed by atoms with Crippen LogP contribution < -0.4 is 0 Å². The standard InChI is InChI=1S/C18H19NO5S/c1-25(22,23)24-10-14-15-7-4-8-19(15)18(21)13-9-16(20)11-5-2-3-6-12(11)17(13)14/h2-3,5-6,9,14-15,20H,4,7-8,10H2,1H3. The van der Waals surface area contributed by atoms with Gasteiger partial charge in [-0.2, -0.15) is 8.42 Å². The Labute approximate surface area is 146 Å². The maximum absolute atomic E-state index is 12.9. The predicted octanol–water partition coefficient (Wildman–Crippen LogP) is 2.22. The molecule has 6 nitrogen and oxygen atoms in total. The lowest BCUT2D eigenvalue weighted by Crippen LogP contribution is -2.45. The zero-order valence-electron chi connectivity index (χ0n) is 13.8. The first-order chi connectivity index (χ1) is 11.9. The second-order valence-corrected chi connectivity index (χ2v) is 8.35. The minimum absolute atomic E-state index is 0.00491. The molecule has 2 heterocycles. The van der Waals surface area contributed by atoms with Crippen LogP contribution in [0.15, 0.2) is 30.3 Å². The molecule has 1 amide bonds. The summed E-state index contributed by atoms with van der Waals surface area (Å²) in [5.74, 6) is -0.285. The van der Waals surface area contributed by atoms with E-state index in [0.29, 0.717) is 17.5 Å². The number of nitrogens with zero attached hydrogens (tertiary/aromatic N) is 1. The molecule has 0 aromatic heterocycles. The molecular formula is C18H19NO5S. The molecule has 2 atom stereocenters. The Morgan fingerprint density at radius 3 is 2.72 bits per heavy atom. The Hall–Kier alpha value is -2.12. The van der Waals surface area contributed by atoms with Crippen LogP contribution in [0.1, 0.15) is 34.7 Å². The van der Waals surface area contributed by atoms with Crippen molar-refractivity contribution in [3.8, 4) is 5.75 Å². The van der Waals surface area contributed by atoms with E-state index >= 15 is 0 Å². The van der Waals surface area contributed by atoms with Gasteiger partial charge in [0.25, 0.3) is 16.0 Å². The van der Waals surface area contributed by atoms with Gasteiger partial charge in [0.15, 0.2) is 0 Å². The van der Waals surface area contributed by atoms with Crippen LogP contribution in [0.25, 0.3) is 10.8 Å². The van der Waals surface area contributed by atoms with Gasteiger partial charge in [0.05, 0.1) is 12.9 Å². The molecule has 2 unspecified atom stereocenters. The molecule has 2 aliphatic rings. The monoisotopic (exact) mass is 361 g/mol. The number of fused-ring (bicyclic) bond motifs is 4. The number of amides is 1. The Balaban J connectivity index is 1.93. The normalized spacial score (nSPS) is 22.9. The lowest BCUT2D eigenvalue weighted by Gasteiger charge is -2.38. The van der Waals surface area contributed by atoms with E-state index in [0.717, 1.165) is 30.0 Å². The van der Waals surface area contributed by atoms with Crippen LogP contribution in [0.5, 0.6) is 5.75 Å². The van der Waals surface area contributed by atoms with Gasteiger partial charge in [-0.1, -0.05) is 24.3 Å². The van der Waals surface area contributed by atoms with Gasteiger partial charge in [-0.15, -0.1) is 0 Å². The summed E-state index contributed by atoms with van der Waals surface area (Å²) in [6, 6.07) is 8.76. The molecule has 0 radical (unpaired) electrons. The first kappa shape index (κ1) is 16.4. The molecule has 2 aliphatic heterocycles. The van der Waals surface area contributed by atoms with Crippen molar-refractivity contribution in [2.24, 2.45) is 0 Å². The van der Waals surface area contributed by atoms with Crippen LogP contribution in [0.2, 0.25) is 0 Å². The molecule has 25 heavy (non-hydrogen) atoms. The zero-order valence-corrected chi connectivity index (χ0v) is 14.6. The summed E-state index contributed by atoms with van der Waals surface area (Å²) in [6.07, 6.45) is 2.73. The van der Waals surface area contributed by atoms with E-state index in [4.69, 9.17) is 4.18 Å². The fourth-order valence-corrected chi connectivity index (χ4v) is 4.55. The summed E-state index contributed by atoms with van der Waals surface area (Å²) in [6.45, 7) is 0.640. The van der Waals surface area contributed by atoms with Crippen LogP contribution >= 0.6 is 0 Å². The molecular weight excluding hydrogens is 342 g/mol. The van der Waals surface area contributed by atoms with Crippen molar-refractivity contribution < 1.29 is 22.5 Å². The topological polar surface area (TPSA) is 83.9 Å². The van der Waals surface area contributed by atoms with Crippen molar-refractivity contribution in [3.05, 3.63) is 41.5 Å². The number of phenols is 1. The Kier molecular flexibility index (Phi) is 3.73. The van der Waals surface area contributed by atoms with Crippen LogP contribution in [-0.4, -0.2) is 49.8 Å².